The van der Waals surface area contributed by atoms with Gasteiger partial charge in [-0.2, -0.15) is 13.5 Å². The molecule has 0 atom stereocenters. The summed E-state index contributed by atoms with van der Waals surface area (Å²) in [5, 5.41) is 4.35. The van der Waals surface area contributed by atoms with Crippen LogP contribution in [0.15, 0.2) is 40.0 Å². The van der Waals surface area contributed by atoms with E-state index in [9.17, 15) is 21.6 Å². The van der Waals surface area contributed by atoms with Gasteiger partial charge >= 0.3 is 0 Å². The Morgan fingerprint density at radius 1 is 1.12 bits per heavy atom. The first kappa shape index (κ1) is 18.7. The van der Waals surface area contributed by atoms with Crippen LogP contribution in [0.1, 0.15) is 24.4 Å². The van der Waals surface area contributed by atoms with Gasteiger partial charge in [0.05, 0.1) is 29.5 Å². The van der Waals surface area contributed by atoms with Crippen molar-refractivity contribution in [3.63, 3.8) is 0 Å². The Hall–Kier alpha value is -2.04. The fourth-order valence-corrected chi connectivity index (χ4v) is 3.39. The van der Waals surface area contributed by atoms with Crippen molar-refractivity contribution in [3.8, 4) is 11.3 Å². The quantitative estimate of drug-likeness (QED) is 0.670. The molecule has 1 aromatic carbocycles. The molecule has 0 aliphatic heterocycles. The molecule has 0 radical (unpaired) electrons. The van der Waals surface area contributed by atoms with Gasteiger partial charge < -0.3 is 0 Å². The average Bonchev–Trinajstić information content (AvgIpc) is 3.37. The van der Waals surface area contributed by atoms with Gasteiger partial charge in [-0.15, -0.1) is 0 Å². The lowest BCUT2D eigenvalue weighted by Crippen LogP contribution is -2.26. The minimum absolute atomic E-state index is 0.00488. The minimum Gasteiger partial charge on any atom is -0.267 e. The van der Waals surface area contributed by atoms with E-state index in [-0.39, 0.29) is 28.7 Å². The van der Waals surface area contributed by atoms with Crippen molar-refractivity contribution in [2.24, 2.45) is 0 Å². The molecule has 3 rings (SSSR count). The molecule has 1 saturated carbocycles. The highest BCUT2D eigenvalue weighted by Gasteiger charge is 2.27. The van der Waals surface area contributed by atoms with Crippen LogP contribution in [0.5, 0.6) is 0 Å². The number of aromatic nitrogens is 2. The Balaban J connectivity index is 2.04. The van der Waals surface area contributed by atoms with E-state index in [1.165, 1.54) is 22.9 Å². The number of hydrogen-bond acceptors (Lipinski definition) is 7. The molecule has 1 aromatic heterocycles. The van der Waals surface area contributed by atoms with Gasteiger partial charge in [0.1, 0.15) is 0 Å². The van der Waals surface area contributed by atoms with Crippen molar-refractivity contribution in [2.75, 3.05) is 12.5 Å². The zero-order valence-electron chi connectivity index (χ0n) is 14.2. The highest BCUT2D eigenvalue weighted by atomic mass is 32.2. The zero-order chi connectivity index (χ0) is 19.1. The second-order valence-electron chi connectivity index (χ2n) is 6.30. The van der Waals surface area contributed by atoms with Gasteiger partial charge in [-0.25, -0.2) is 13.1 Å². The van der Waals surface area contributed by atoms with Crippen molar-refractivity contribution in [2.45, 2.75) is 30.4 Å². The van der Waals surface area contributed by atoms with E-state index < -0.39 is 20.0 Å². The number of hydrogen-bond donors (Lipinski definition) is 0. The third kappa shape index (κ3) is 4.37. The van der Waals surface area contributed by atoms with Crippen LogP contribution in [0.4, 0.5) is 0 Å². The molecular formula is C16H18N2O6S2. The van der Waals surface area contributed by atoms with Crippen molar-refractivity contribution >= 4 is 20.0 Å². The van der Waals surface area contributed by atoms with Gasteiger partial charge in [-0.3, -0.25) is 8.98 Å². The minimum atomic E-state index is -3.69. The Labute approximate surface area is 151 Å². The molecule has 1 aliphatic carbocycles. The second-order valence-corrected chi connectivity index (χ2v) is 9.96. The molecule has 10 heteroatoms. The Bertz CT molecular complexity index is 1100. The van der Waals surface area contributed by atoms with Crippen LogP contribution >= 0.6 is 0 Å². The summed E-state index contributed by atoms with van der Waals surface area (Å²) in [4.78, 5) is 12.7. The maximum Gasteiger partial charge on any atom is 0.272 e. The first-order chi connectivity index (χ1) is 12.0. The van der Waals surface area contributed by atoms with E-state index in [0.29, 0.717) is 11.3 Å². The maximum absolute atomic E-state index is 12.5. The van der Waals surface area contributed by atoms with Gasteiger partial charge in [0, 0.05) is 17.4 Å². The SMILES string of the molecule is CS(=O)(=O)OCc1cc(-c2ccc(S(C)(=O)=O)cc2)nn(C2CC2)c1=O. The summed E-state index contributed by atoms with van der Waals surface area (Å²) >= 11 is 0. The molecule has 0 amide bonds. The Morgan fingerprint density at radius 3 is 2.23 bits per heavy atom. The summed E-state index contributed by atoms with van der Waals surface area (Å²) in [7, 11) is -7.01. The number of sulfone groups is 1. The molecular weight excluding hydrogens is 380 g/mol. The third-order valence-corrected chi connectivity index (χ3v) is 5.58. The van der Waals surface area contributed by atoms with E-state index >= 15 is 0 Å². The van der Waals surface area contributed by atoms with Gasteiger partial charge in [0.25, 0.3) is 15.7 Å². The topological polar surface area (TPSA) is 112 Å². The molecule has 0 saturated heterocycles. The molecule has 26 heavy (non-hydrogen) atoms. The van der Waals surface area contributed by atoms with Crippen LogP contribution in [0.25, 0.3) is 11.3 Å². The van der Waals surface area contributed by atoms with E-state index in [0.717, 1.165) is 25.4 Å². The highest BCUT2D eigenvalue weighted by molar-refractivity contribution is 7.90. The molecule has 0 spiro atoms. The number of benzene rings is 1. The summed E-state index contributed by atoms with van der Waals surface area (Å²) in [5.74, 6) is 0. The van der Waals surface area contributed by atoms with Gasteiger partial charge in [0.15, 0.2) is 9.84 Å². The number of rotatable bonds is 6. The fourth-order valence-electron chi connectivity index (χ4n) is 2.42. The Kier molecular flexibility index (Phi) is 4.76. The van der Waals surface area contributed by atoms with E-state index in [1.807, 2.05) is 0 Å². The summed E-state index contributed by atoms with van der Waals surface area (Å²) in [6.07, 6.45) is 3.69. The summed E-state index contributed by atoms with van der Waals surface area (Å²) in [6.45, 7) is -0.374. The van der Waals surface area contributed by atoms with Crippen LogP contribution in [-0.4, -0.2) is 39.1 Å². The van der Waals surface area contributed by atoms with Gasteiger partial charge in [0.2, 0.25) is 0 Å². The first-order valence-electron chi connectivity index (χ1n) is 7.82. The highest BCUT2D eigenvalue weighted by Crippen LogP contribution is 2.33. The lowest BCUT2D eigenvalue weighted by atomic mass is 10.1. The summed E-state index contributed by atoms with van der Waals surface area (Å²) < 4.78 is 51.7. The van der Waals surface area contributed by atoms with Crippen LogP contribution in [0.2, 0.25) is 0 Å². The average molecular weight is 398 g/mol. The molecule has 1 heterocycles. The van der Waals surface area contributed by atoms with Crippen molar-refractivity contribution < 1.29 is 21.0 Å². The van der Waals surface area contributed by atoms with Gasteiger partial charge in [-0.05, 0) is 31.0 Å². The molecule has 0 bridgehead atoms. The van der Waals surface area contributed by atoms with E-state index in [4.69, 9.17) is 4.18 Å². The summed E-state index contributed by atoms with van der Waals surface area (Å²) in [5.41, 5.74) is 0.864. The predicted octanol–water partition coefficient (Wildman–Crippen LogP) is 1.12. The standard InChI is InChI=1S/C16H18N2O6S2/c1-25(20,21)14-7-3-11(4-8-14)15-9-12(10-24-26(2,22)23)16(19)18(17-15)13-5-6-13/h3-4,7-9,13H,5-6,10H2,1-2H3. The van der Waals surface area contributed by atoms with Crippen LogP contribution < -0.4 is 5.56 Å². The lowest BCUT2D eigenvalue weighted by Gasteiger charge is -2.10. The number of nitrogens with zero attached hydrogens (tertiary/aromatic N) is 2. The Morgan fingerprint density at radius 2 is 1.73 bits per heavy atom. The third-order valence-electron chi connectivity index (χ3n) is 3.91. The molecule has 140 valence electrons. The summed E-state index contributed by atoms with van der Waals surface area (Å²) in [6, 6.07) is 7.59. The normalized spacial score (nSPS) is 15.2. The molecule has 8 nitrogen and oxygen atoms in total. The fraction of sp³-hybridized carbons (Fsp3) is 0.375. The van der Waals surface area contributed by atoms with E-state index in [1.54, 1.807) is 12.1 Å². The van der Waals surface area contributed by atoms with Gasteiger partial charge in [-0.1, -0.05) is 12.1 Å². The molecule has 0 N–H and O–H groups in total. The first-order valence-corrected chi connectivity index (χ1v) is 11.5. The van der Waals surface area contributed by atoms with E-state index in [2.05, 4.69) is 5.10 Å². The predicted molar refractivity (Wildman–Crippen MR) is 94.9 cm³/mol. The van der Waals surface area contributed by atoms with Crippen LogP contribution in [0.3, 0.4) is 0 Å². The monoisotopic (exact) mass is 398 g/mol. The zero-order valence-corrected chi connectivity index (χ0v) is 15.9. The lowest BCUT2D eigenvalue weighted by molar-refractivity contribution is 0.308. The maximum atomic E-state index is 12.5. The van der Waals surface area contributed by atoms with Crippen LogP contribution in [0, 0.1) is 0 Å². The van der Waals surface area contributed by atoms with Crippen molar-refractivity contribution in [3.05, 3.63) is 46.2 Å². The molecule has 2 aromatic rings. The molecule has 0 unspecified atom stereocenters. The largest absolute Gasteiger partial charge is 0.272 e. The smallest absolute Gasteiger partial charge is 0.267 e. The molecule has 1 fully saturated rings. The van der Waals surface area contributed by atoms with Crippen molar-refractivity contribution in [1.29, 1.82) is 0 Å². The van der Waals surface area contributed by atoms with Crippen LogP contribution in [-0.2, 0) is 30.7 Å². The second kappa shape index (κ2) is 6.60. The molecule has 1 aliphatic rings. The van der Waals surface area contributed by atoms with Crippen molar-refractivity contribution in [1.82, 2.24) is 9.78 Å².